The van der Waals surface area contributed by atoms with Crippen LogP contribution in [0.25, 0.3) is 0 Å². The van der Waals surface area contributed by atoms with Crippen molar-refractivity contribution >= 4 is 5.91 Å². The molecule has 1 aromatic carbocycles. The number of nitrogens with one attached hydrogen (secondary N) is 1. The summed E-state index contributed by atoms with van der Waals surface area (Å²) in [5.74, 6) is 1.93. The lowest BCUT2D eigenvalue weighted by molar-refractivity contribution is -0.119. The van der Waals surface area contributed by atoms with Gasteiger partial charge < -0.3 is 14.8 Å². The first-order chi connectivity index (χ1) is 13.7. The summed E-state index contributed by atoms with van der Waals surface area (Å²) in [6.07, 6.45) is 3.87. The lowest BCUT2D eigenvalue weighted by Crippen LogP contribution is -2.37. The van der Waals surface area contributed by atoms with Crippen LogP contribution in [-0.2, 0) is 11.3 Å². The lowest BCUT2D eigenvalue weighted by atomic mass is 9.96. The normalized spacial score (nSPS) is 20.0. The summed E-state index contributed by atoms with van der Waals surface area (Å²) in [5.41, 5.74) is 2.41. The second-order valence-electron chi connectivity index (χ2n) is 7.62. The zero-order chi connectivity index (χ0) is 19.3. The van der Waals surface area contributed by atoms with E-state index in [9.17, 15) is 4.79 Å². The molecule has 1 atom stereocenters. The second kappa shape index (κ2) is 8.61. The standard InChI is InChI=1S/C22H27N3O3/c1-16(26)24-13-17-8-11-25(12-9-17)14-18-4-6-19(7-5-18)21-15-27-20-3-2-10-23-22(20)28-21/h2-7,10,17,21H,8-9,11-15H2,1H3,(H,24,26)/t21-/m1/s1. The average Bonchev–Trinajstić information content (AvgIpc) is 2.73. The first-order valence-electron chi connectivity index (χ1n) is 9.97. The molecular formula is C22H27N3O3. The van der Waals surface area contributed by atoms with Crippen LogP contribution in [0.1, 0.15) is 37.0 Å². The number of hydrogen-bond donors (Lipinski definition) is 1. The minimum Gasteiger partial charge on any atom is -0.484 e. The first kappa shape index (κ1) is 18.7. The number of carbonyl (C=O) groups is 1. The van der Waals surface area contributed by atoms with Gasteiger partial charge in [0, 0.05) is 26.2 Å². The minimum atomic E-state index is -0.124. The van der Waals surface area contributed by atoms with Gasteiger partial charge >= 0.3 is 0 Å². The molecule has 0 bridgehead atoms. The SMILES string of the molecule is CC(=O)NCC1CCN(Cc2ccc([C@H]3COc4cccnc4O3)cc2)CC1. The predicted molar refractivity (Wildman–Crippen MR) is 106 cm³/mol. The van der Waals surface area contributed by atoms with Crippen molar-refractivity contribution in [3.05, 3.63) is 53.7 Å². The predicted octanol–water partition coefficient (Wildman–Crippen LogP) is 2.94. The van der Waals surface area contributed by atoms with E-state index >= 15 is 0 Å². The first-order valence-corrected chi connectivity index (χ1v) is 9.97. The largest absolute Gasteiger partial charge is 0.484 e. The summed E-state index contributed by atoms with van der Waals surface area (Å²) < 4.78 is 11.7. The Kier molecular flexibility index (Phi) is 5.76. The number of rotatable bonds is 5. The van der Waals surface area contributed by atoms with Crippen LogP contribution in [0.2, 0.25) is 0 Å². The molecule has 6 nitrogen and oxygen atoms in total. The van der Waals surface area contributed by atoms with Gasteiger partial charge in [0.25, 0.3) is 5.88 Å². The van der Waals surface area contributed by atoms with Gasteiger partial charge in [0.1, 0.15) is 6.61 Å². The number of ether oxygens (including phenoxy) is 2. The second-order valence-corrected chi connectivity index (χ2v) is 7.62. The molecule has 3 heterocycles. The highest BCUT2D eigenvalue weighted by atomic mass is 16.6. The number of hydrogen-bond acceptors (Lipinski definition) is 5. The molecule has 1 N–H and O–H groups in total. The van der Waals surface area contributed by atoms with E-state index in [1.165, 1.54) is 5.56 Å². The van der Waals surface area contributed by atoms with Crippen LogP contribution in [0.4, 0.5) is 0 Å². The Morgan fingerprint density at radius 2 is 2.00 bits per heavy atom. The molecule has 1 fully saturated rings. The molecule has 0 aliphatic carbocycles. The van der Waals surface area contributed by atoms with Crippen LogP contribution in [-0.4, -0.2) is 42.0 Å². The molecule has 2 aliphatic rings. The van der Waals surface area contributed by atoms with Crippen molar-refractivity contribution < 1.29 is 14.3 Å². The zero-order valence-electron chi connectivity index (χ0n) is 16.3. The summed E-state index contributed by atoms with van der Waals surface area (Å²) in [7, 11) is 0. The molecule has 0 spiro atoms. The third kappa shape index (κ3) is 4.62. The van der Waals surface area contributed by atoms with Crippen molar-refractivity contribution in [2.24, 2.45) is 5.92 Å². The molecule has 6 heteroatoms. The average molecular weight is 381 g/mol. The number of benzene rings is 1. The Bertz CT molecular complexity index is 801. The number of fused-ring (bicyclic) bond motifs is 1. The van der Waals surface area contributed by atoms with Gasteiger partial charge in [-0.3, -0.25) is 9.69 Å². The molecule has 148 valence electrons. The number of aromatic nitrogens is 1. The third-order valence-electron chi connectivity index (χ3n) is 5.48. The summed E-state index contributed by atoms with van der Waals surface area (Å²) in [6.45, 7) is 6.00. The van der Waals surface area contributed by atoms with Crippen molar-refractivity contribution in [2.45, 2.75) is 32.4 Å². The topological polar surface area (TPSA) is 63.7 Å². The molecule has 2 aliphatic heterocycles. The lowest BCUT2D eigenvalue weighted by Gasteiger charge is -2.32. The molecular weight excluding hydrogens is 354 g/mol. The highest BCUT2D eigenvalue weighted by Gasteiger charge is 2.23. The molecule has 1 amide bonds. The van der Waals surface area contributed by atoms with Crippen molar-refractivity contribution in [2.75, 3.05) is 26.2 Å². The van der Waals surface area contributed by atoms with Gasteiger partial charge in [-0.05, 0) is 55.1 Å². The van der Waals surface area contributed by atoms with Gasteiger partial charge in [0.2, 0.25) is 5.91 Å². The summed E-state index contributed by atoms with van der Waals surface area (Å²) >= 11 is 0. The highest BCUT2D eigenvalue weighted by Crippen LogP contribution is 2.34. The maximum absolute atomic E-state index is 11.1. The van der Waals surface area contributed by atoms with E-state index in [0.717, 1.165) is 44.6 Å². The van der Waals surface area contributed by atoms with Gasteiger partial charge in [-0.2, -0.15) is 0 Å². The maximum atomic E-state index is 11.1. The van der Waals surface area contributed by atoms with E-state index in [-0.39, 0.29) is 12.0 Å². The summed E-state index contributed by atoms with van der Waals surface area (Å²) in [6, 6.07) is 12.3. The molecule has 28 heavy (non-hydrogen) atoms. The van der Waals surface area contributed by atoms with Crippen LogP contribution in [0.15, 0.2) is 42.6 Å². The van der Waals surface area contributed by atoms with Gasteiger partial charge in [-0.25, -0.2) is 4.98 Å². The number of likely N-dealkylation sites (tertiary alicyclic amines) is 1. The monoisotopic (exact) mass is 381 g/mol. The van der Waals surface area contributed by atoms with Crippen LogP contribution in [0.5, 0.6) is 11.6 Å². The van der Waals surface area contributed by atoms with Crippen LogP contribution in [0, 0.1) is 5.92 Å². The van der Waals surface area contributed by atoms with Gasteiger partial charge in [-0.15, -0.1) is 0 Å². The van der Waals surface area contributed by atoms with E-state index in [1.807, 2.05) is 12.1 Å². The fraction of sp³-hybridized carbons (Fsp3) is 0.455. The molecule has 2 aromatic rings. The molecule has 4 rings (SSSR count). The van der Waals surface area contributed by atoms with Crippen molar-refractivity contribution in [1.29, 1.82) is 0 Å². The smallest absolute Gasteiger partial charge is 0.257 e. The number of piperidine rings is 1. The van der Waals surface area contributed by atoms with Crippen LogP contribution >= 0.6 is 0 Å². The Hall–Kier alpha value is -2.60. The fourth-order valence-electron chi connectivity index (χ4n) is 3.81. The molecule has 0 unspecified atom stereocenters. The zero-order valence-corrected chi connectivity index (χ0v) is 16.3. The quantitative estimate of drug-likeness (QED) is 0.863. The van der Waals surface area contributed by atoms with Gasteiger partial charge in [0.15, 0.2) is 11.9 Å². The Labute approximate surface area is 165 Å². The molecule has 0 saturated carbocycles. The van der Waals surface area contributed by atoms with E-state index < -0.39 is 0 Å². The number of amides is 1. The van der Waals surface area contributed by atoms with Gasteiger partial charge in [-0.1, -0.05) is 24.3 Å². The van der Waals surface area contributed by atoms with E-state index in [0.29, 0.717) is 24.2 Å². The highest BCUT2D eigenvalue weighted by molar-refractivity contribution is 5.72. The van der Waals surface area contributed by atoms with E-state index in [4.69, 9.17) is 9.47 Å². The van der Waals surface area contributed by atoms with Crippen molar-refractivity contribution in [3.63, 3.8) is 0 Å². The Morgan fingerprint density at radius 3 is 2.75 bits per heavy atom. The summed E-state index contributed by atoms with van der Waals surface area (Å²) in [5, 5.41) is 2.94. The minimum absolute atomic E-state index is 0.0640. The number of nitrogens with zero attached hydrogens (tertiary/aromatic N) is 2. The number of carbonyl (C=O) groups excluding carboxylic acids is 1. The third-order valence-corrected chi connectivity index (χ3v) is 5.48. The Morgan fingerprint density at radius 1 is 1.21 bits per heavy atom. The van der Waals surface area contributed by atoms with Crippen LogP contribution in [0.3, 0.4) is 0 Å². The van der Waals surface area contributed by atoms with E-state index in [2.05, 4.69) is 39.5 Å². The molecule has 1 saturated heterocycles. The molecule has 0 radical (unpaired) electrons. The van der Waals surface area contributed by atoms with Gasteiger partial charge in [0.05, 0.1) is 0 Å². The van der Waals surface area contributed by atoms with Crippen molar-refractivity contribution in [1.82, 2.24) is 15.2 Å². The summed E-state index contributed by atoms with van der Waals surface area (Å²) in [4.78, 5) is 17.8. The van der Waals surface area contributed by atoms with E-state index in [1.54, 1.807) is 13.1 Å². The van der Waals surface area contributed by atoms with Crippen LogP contribution < -0.4 is 14.8 Å². The Balaban J connectivity index is 1.28. The maximum Gasteiger partial charge on any atom is 0.257 e. The molecule has 1 aromatic heterocycles. The number of pyridine rings is 1. The fourth-order valence-corrected chi connectivity index (χ4v) is 3.81. The van der Waals surface area contributed by atoms with Crippen molar-refractivity contribution in [3.8, 4) is 11.6 Å².